The van der Waals surface area contributed by atoms with Gasteiger partial charge < -0.3 is 4.42 Å². The number of hydrogen-bond donors (Lipinski definition) is 0. The van der Waals surface area contributed by atoms with Crippen LogP contribution in [0.15, 0.2) is 104 Å². The van der Waals surface area contributed by atoms with Gasteiger partial charge in [-0.15, -0.1) is 5.11 Å². The largest absolute Gasteiger partial charge is 0.454 e. The van der Waals surface area contributed by atoms with Gasteiger partial charge in [0, 0.05) is 22.1 Å². The summed E-state index contributed by atoms with van der Waals surface area (Å²) < 4.78 is 6.31. The maximum atomic E-state index is 13.9. The molecule has 0 aliphatic heterocycles. The van der Waals surface area contributed by atoms with E-state index in [2.05, 4.69) is 23.3 Å². The topological polar surface area (TPSA) is 54.9 Å². The number of carbonyl (C=O) groups is 1. The number of para-hydroxylation sites is 1. The molecule has 0 N–H and O–H groups in total. The quantitative estimate of drug-likeness (QED) is 0.334. The van der Waals surface area contributed by atoms with Crippen LogP contribution in [0, 0.1) is 11.8 Å². The third-order valence-electron chi connectivity index (χ3n) is 8.19. The van der Waals surface area contributed by atoms with E-state index in [1.165, 1.54) is 38.5 Å². The van der Waals surface area contributed by atoms with E-state index in [0.29, 0.717) is 23.3 Å². The van der Waals surface area contributed by atoms with Crippen molar-refractivity contribution in [1.29, 1.82) is 0 Å². The highest BCUT2D eigenvalue weighted by molar-refractivity contribution is 6.11. The van der Waals surface area contributed by atoms with Crippen molar-refractivity contribution in [3.05, 3.63) is 95.3 Å². The van der Waals surface area contributed by atoms with Gasteiger partial charge in [-0.3, -0.25) is 4.79 Å². The molecule has 0 spiro atoms. The first-order chi connectivity index (χ1) is 18.3. The average molecular weight is 491 g/mol. The lowest BCUT2D eigenvalue weighted by Crippen LogP contribution is -2.25. The van der Waals surface area contributed by atoms with E-state index in [4.69, 9.17) is 9.53 Å². The standard InChI is InChI=1S/C33H34N2O2/c36-33-28(23-12-4-1-5-13-23)20-26(21-29(33)24-14-6-2-7-15-24)32(35-34-27-17-8-3-9-18-27)31-22-25-16-10-11-19-30(25)37-31/h3,8-11,16-24H,1-2,4-7,12-15H2. The van der Waals surface area contributed by atoms with Crippen molar-refractivity contribution >= 4 is 28.1 Å². The lowest BCUT2D eigenvalue weighted by molar-refractivity contribution is -0.113. The summed E-state index contributed by atoms with van der Waals surface area (Å²) in [5.74, 6) is 1.60. The summed E-state index contributed by atoms with van der Waals surface area (Å²) in [5, 5.41) is 10.4. The molecule has 3 aliphatic carbocycles. The van der Waals surface area contributed by atoms with Gasteiger partial charge in [0.2, 0.25) is 0 Å². The lowest BCUT2D eigenvalue weighted by atomic mass is 9.73. The number of hydrogen-bond acceptors (Lipinski definition) is 4. The van der Waals surface area contributed by atoms with Crippen LogP contribution in [0.1, 0.15) is 70.0 Å². The number of Topliss-reactive ketones (excluding diaryl/α,β-unsaturated/α-hetero) is 1. The van der Waals surface area contributed by atoms with Crippen LogP contribution in [-0.4, -0.2) is 5.78 Å². The first-order valence-corrected chi connectivity index (χ1v) is 13.9. The molecule has 37 heavy (non-hydrogen) atoms. The van der Waals surface area contributed by atoms with Crippen LogP contribution in [0.4, 0.5) is 5.69 Å². The molecule has 2 saturated carbocycles. The molecule has 0 amide bonds. The summed E-state index contributed by atoms with van der Waals surface area (Å²) in [5.41, 5.74) is 5.19. The second kappa shape index (κ2) is 10.8. The van der Waals surface area contributed by atoms with Gasteiger partial charge in [-0.1, -0.05) is 74.9 Å². The molecule has 6 rings (SSSR count). The molecule has 3 aliphatic rings. The van der Waals surface area contributed by atoms with Gasteiger partial charge in [0.1, 0.15) is 11.3 Å². The molecule has 4 heteroatoms. The fourth-order valence-corrected chi connectivity index (χ4v) is 6.20. The molecule has 1 heterocycles. The summed E-state index contributed by atoms with van der Waals surface area (Å²) in [4.78, 5) is 13.9. The number of benzene rings is 2. The van der Waals surface area contributed by atoms with Crippen LogP contribution >= 0.6 is 0 Å². The minimum absolute atomic E-state index is 0.270. The molecule has 0 radical (unpaired) electrons. The van der Waals surface area contributed by atoms with Gasteiger partial charge in [0.05, 0.1) is 5.69 Å². The number of carbonyl (C=O) groups excluding carboxylic acids is 1. The Labute approximate surface area is 218 Å². The molecule has 1 aromatic heterocycles. The Bertz CT molecular complexity index is 1320. The maximum Gasteiger partial charge on any atom is 0.185 e. The average Bonchev–Trinajstić information content (AvgIpc) is 3.39. The smallest absolute Gasteiger partial charge is 0.185 e. The van der Waals surface area contributed by atoms with Crippen LogP contribution in [0.25, 0.3) is 16.7 Å². The Kier molecular flexibility index (Phi) is 6.98. The molecule has 3 aromatic rings. The minimum Gasteiger partial charge on any atom is -0.454 e. The van der Waals surface area contributed by atoms with Crippen molar-refractivity contribution in [3.8, 4) is 0 Å². The number of furan rings is 1. The number of fused-ring (bicyclic) bond motifs is 1. The predicted molar refractivity (Wildman–Crippen MR) is 148 cm³/mol. The number of rotatable bonds is 5. The maximum absolute atomic E-state index is 13.9. The minimum atomic E-state index is 0.270. The molecule has 0 bridgehead atoms. The number of nitrogens with zero attached hydrogens (tertiary/aromatic N) is 2. The van der Waals surface area contributed by atoms with E-state index in [-0.39, 0.29) is 5.78 Å². The van der Waals surface area contributed by atoms with Crippen LogP contribution in [0.3, 0.4) is 0 Å². The van der Waals surface area contributed by atoms with Crippen LogP contribution in [0.5, 0.6) is 0 Å². The monoisotopic (exact) mass is 490 g/mol. The highest BCUT2D eigenvalue weighted by Gasteiger charge is 2.33. The van der Waals surface area contributed by atoms with Crippen molar-refractivity contribution in [2.24, 2.45) is 22.1 Å². The second-order valence-corrected chi connectivity index (χ2v) is 10.7. The highest BCUT2D eigenvalue weighted by atomic mass is 16.3. The van der Waals surface area contributed by atoms with Gasteiger partial charge in [-0.05, 0) is 73.9 Å². The number of allylic oxidation sites excluding steroid dienone is 5. The van der Waals surface area contributed by atoms with E-state index in [1.54, 1.807) is 0 Å². The molecule has 4 nitrogen and oxygen atoms in total. The zero-order chi connectivity index (χ0) is 25.0. The summed E-state index contributed by atoms with van der Waals surface area (Å²) in [6.07, 6.45) is 15.9. The fourth-order valence-electron chi connectivity index (χ4n) is 6.20. The molecule has 0 atom stereocenters. The molecular formula is C33H34N2O2. The third kappa shape index (κ3) is 5.16. The predicted octanol–water partition coefficient (Wildman–Crippen LogP) is 9.52. The van der Waals surface area contributed by atoms with Crippen LogP contribution in [-0.2, 0) is 4.79 Å². The van der Waals surface area contributed by atoms with E-state index < -0.39 is 0 Å². The normalized spacial score (nSPS) is 19.9. The summed E-state index contributed by atoms with van der Waals surface area (Å²) in [6, 6.07) is 19.9. The summed E-state index contributed by atoms with van der Waals surface area (Å²) in [6.45, 7) is 0. The Morgan fingerprint density at radius 3 is 1.95 bits per heavy atom. The zero-order valence-electron chi connectivity index (χ0n) is 21.4. The van der Waals surface area contributed by atoms with Gasteiger partial charge in [0.15, 0.2) is 11.5 Å². The van der Waals surface area contributed by atoms with Crippen LogP contribution in [0.2, 0.25) is 0 Å². The third-order valence-corrected chi connectivity index (χ3v) is 8.19. The fraction of sp³-hybridized carbons (Fsp3) is 0.364. The van der Waals surface area contributed by atoms with Crippen molar-refractivity contribution in [2.75, 3.05) is 0 Å². The van der Waals surface area contributed by atoms with Crippen molar-refractivity contribution < 1.29 is 9.21 Å². The Morgan fingerprint density at radius 2 is 1.32 bits per heavy atom. The first kappa shape index (κ1) is 23.8. The van der Waals surface area contributed by atoms with Crippen LogP contribution < -0.4 is 0 Å². The number of ketones is 1. The van der Waals surface area contributed by atoms with E-state index >= 15 is 0 Å². The number of azo groups is 1. The van der Waals surface area contributed by atoms with Crippen molar-refractivity contribution in [3.63, 3.8) is 0 Å². The Hall–Kier alpha value is -3.53. The Balaban J connectivity index is 1.52. The van der Waals surface area contributed by atoms with Gasteiger partial charge >= 0.3 is 0 Å². The Morgan fingerprint density at radius 1 is 0.730 bits per heavy atom. The molecule has 188 valence electrons. The van der Waals surface area contributed by atoms with E-state index in [0.717, 1.165) is 59.1 Å². The van der Waals surface area contributed by atoms with E-state index in [9.17, 15) is 4.79 Å². The van der Waals surface area contributed by atoms with Gasteiger partial charge in [0.25, 0.3) is 0 Å². The molecule has 2 fully saturated rings. The van der Waals surface area contributed by atoms with Gasteiger partial charge in [-0.25, -0.2) is 0 Å². The molecule has 0 unspecified atom stereocenters. The summed E-state index contributed by atoms with van der Waals surface area (Å²) in [7, 11) is 0. The zero-order valence-corrected chi connectivity index (χ0v) is 21.4. The SMILES string of the molecule is O=C1C(C2CCCCC2)=CC(=C(N=Nc2ccccc2)c2cc3ccccc3o2)C=C1C1CCCCC1. The second-order valence-electron chi connectivity index (χ2n) is 10.7. The molecule has 0 saturated heterocycles. The van der Waals surface area contributed by atoms with Gasteiger partial charge in [-0.2, -0.15) is 5.11 Å². The van der Waals surface area contributed by atoms with Crippen molar-refractivity contribution in [1.82, 2.24) is 0 Å². The van der Waals surface area contributed by atoms with Crippen molar-refractivity contribution in [2.45, 2.75) is 64.2 Å². The lowest BCUT2D eigenvalue weighted by Gasteiger charge is -2.31. The first-order valence-electron chi connectivity index (χ1n) is 13.9. The summed E-state index contributed by atoms with van der Waals surface area (Å²) >= 11 is 0. The molecular weight excluding hydrogens is 456 g/mol. The molecule has 2 aromatic carbocycles. The van der Waals surface area contributed by atoms with E-state index in [1.807, 2.05) is 54.6 Å². The highest BCUT2D eigenvalue weighted by Crippen LogP contribution is 2.41.